The fourth-order valence-electron chi connectivity index (χ4n) is 2.40. The smallest absolute Gasteiger partial charge is 0.168 e. The summed E-state index contributed by atoms with van der Waals surface area (Å²) in [6, 6.07) is 19.1. The molecule has 21 heavy (non-hydrogen) atoms. The molecule has 0 N–H and O–H groups in total. The minimum atomic E-state index is 0.847. The van der Waals surface area contributed by atoms with Crippen molar-refractivity contribution in [3.05, 3.63) is 71.9 Å². The van der Waals surface area contributed by atoms with Crippen molar-refractivity contribution in [3.8, 4) is 11.3 Å². The molecule has 3 heteroatoms. The quantitative estimate of drug-likeness (QED) is 0.653. The van der Waals surface area contributed by atoms with Gasteiger partial charge in [0, 0.05) is 0 Å². The van der Waals surface area contributed by atoms with E-state index in [0.717, 1.165) is 11.7 Å². The van der Waals surface area contributed by atoms with E-state index in [1.807, 2.05) is 12.3 Å². The van der Waals surface area contributed by atoms with Crippen molar-refractivity contribution in [1.82, 2.24) is 9.55 Å². The van der Waals surface area contributed by atoms with E-state index in [2.05, 4.69) is 71.3 Å². The SMILES string of the molecule is CSc1ncc(-c2ccc(C)cc2)n1Cc1ccccc1. The van der Waals surface area contributed by atoms with Crippen LogP contribution in [0.4, 0.5) is 0 Å². The first kappa shape index (κ1) is 14.0. The lowest BCUT2D eigenvalue weighted by Crippen LogP contribution is -2.03. The molecule has 0 radical (unpaired) electrons. The normalized spacial score (nSPS) is 10.8. The molecule has 0 spiro atoms. The van der Waals surface area contributed by atoms with E-state index in [1.165, 1.54) is 22.4 Å². The van der Waals surface area contributed by atoms with Crippen molar-refractivity contribution in [2.24, 2.45) is 0 Å². The Balaban J connectivity index is 2.02. The number of rotatable bonds is 4. The number of imidazole rings is 1. The molecule has 1 aromatic heterocycles. The summed E-state index contributed by atoms with van der Waals surface area (Å²) in [5.74, 6) is 0. The molecule has 3 rings (SSSR count). The summed E-state index contributed by atoms with van der Waals surface area (Å²) in [5, 5.41) is 1.05. The van der Waals surface area contributed by atoms with Crippen LogP contribution in [0, 0.1) is 6.92 Å². The molecule has 0 bridgehead atoms. The van der Waals surface area contributed by atoms with Crippen LogP contribution in [0.3, 0.4) is 0 Å². The molecule has 0 unspecified atom stereocenters. The van der Waals surface area contributed by atoms with Gasteiger partial charge in [-0.2, -0.15) is 0 Å². The first-order valence-electron chi connectivity index (χ1n) is 6.98. The zero-order valence-electron chi connectivity index (χ0n) is 12.3. The number of nitrogens with zero attached hydrogens (tertiary/aromatic N) is 2. The van der Waals surface area contributed by atoms with Gasteiger partial charge in [0.1, 0.15) is 0 Å². The topological polar surface area (TPSA) is 17.8 Å². The molecule has 0 aliphatic rings. The van der Waals surface area contributed by atoms with Crippen molar-refractivity contribution in [1.29, 1.82) is 0 Å². The lowest BCUT2D eigenvalue weighted by molar-refractivity contribution is 0.716. The van der Waals surface area contributed by atoms with Crippen molar-refractivity contribution in [3.63, 3.8) is 0 Å². The molecule has 0 aliphatic carbocycles. The molecule has 106 valence electrons. The lowest BCUT2D eigenvalue weighted by Gasteiger charge is -2.11. The molecule has 0 aliphatic heterocycles. The highest BCUT2D eigenvalue weighted by molar-refractivity contribution is 7.98. The van der Waals surface area contributed by atoms with Crippen LogP contribution < -0.4 is 0 Å². The number of hydrogen-bond acceptors (Lipinski definition) is 2. The second-order valence-electron chi connectivity index (χ2n) is 5.07. The molecule has 2 aromatic carbocycles. The van der Waals surface area contributed by atoms with Gasteiger partial charge in [-0.1, -0.05) is 71.9 Å². The largest absolute Gasteiger partial charge is 0.314 e. The Morgan fingerprint density at radius 2 is 1.71 bits per heavy atom. The van der Waals surface area contributed by atoms with E-state index in [0.29, 0.717) is 0 Å². The zero-order chi connectivity index (χ0) is 14.7. The Labute approximate surface area is 129 Å². The van der Waals surface area contributed by atoms with Crippen LogP contribution in [-0.4, -0.2) is 15.8 Å². The number of thioether (sulfide) groups is 1. The van der Waals surface area contributed by atoms with Gasteiger partial charge in [-0.15, -0.1) is 0 Å². The Morgan fingerprint density at radius 1 is 1.00 bits per heavy atom. The third-order valence-electron chi connectivity index (χ3n) is 3.53. The zero-order valence-corrected chi connectivity index (χ0v) is 13.1. The van der Waals surface area contributed by atoms with Crippen molar-refractivity contribution in [2.45, 2.75) is 18.6 Å². The Bertz CT molecular complexity index is 715. The van der Waals surface area contributed by atoms with Crippen LogP contribution in [0.15, 0.2) is 66.0 Å². The van der Waals surface area contributed by atoms with Gasteiger partial charge in [-0.05, 0) is 24.3 Å². The van der Waals surface area contributed by atoms with E-state index in [1.54, 1.807) is 11.8 Å². The van der Waals surface area contributed by atoms with E-state index in [-0.39, 0.29) is 0 Å². The van der Waals surface area contributed by atoms with Gasteiger partial charge in [0.05, 0.1) is 18.4 Å². The highest BCUT2D eigenvalue weighted by Crippen LogP contribution is 2.26. The Kier molecular flexibility index (Phi) is 4.11. The molecule has 3 aromatic rings. The highest BCUT2D eigenvalue weighted by Gasteiger charge is 2.11. The number of aryl methyl sites for hydroxylation is 1. The highest BCUT2D eigenvalue weighted by atomic mass is 32.2. The predicted octanol–water partition coefficient (Wildman–Crippen LogP) is 4.63. The number of hydrogen-bond donors (Lipinski definition) is 0. The van der Waals surface area contributed by atoms with Crippen molar-refractivity contribution >= 4 is 11.8 Å². The summed E-state index contributed by atoms with van der Waals surface area (Å²) in [7, 11) is 0. The second kappa shape index (κ2) is 6.19. The monoisotopic (exact) mass is 294 g/mol. The third-order valence-corrected chi connectivity index (χ3v) is 4.22. The summed E-state index contributed by atoms with van der Waals surface area (Å²) in [6.07, 6.45) is 4.04. The average Bonchev–Trinajstić information content (AvgIpc) is 2.92. The molecule has 2 nitrogen and oxygen atoms in total. The number of benzene rings is 2. The maximum Gasteiger partial charge on any atom is 0.168 e. The molecule has 0 saturated carbocycles. The molecule has 0 atom stereocenters. The standard InChI is InChI=1S/C18H18N2S/c1-14-8-10-16(11-9-14)17-12-19-18(21-2)20(17)13-15-6-4-3-5-7-15/h3-12H,13H2,1-2H3. The fraction of sp³-hybridized carbons (Fsp3) is 0.167. The summed E-state index contributed by atoms with van der Waals surface area (Å²) in [4.78, 5) is 4.56. The summed E-state index contributed by atoms with van der Waals surface area (Å²) >= 11 is 1.69. The van der Waals surface area contributed by atoms with Crippen LogP contribution in [-0.2, 0) is 6.54 Å². The third kappa shape index (κ3) is 3.03. The molecule has 0 amide bonds. The van der Waals surface area contributed by atoms with Crippen LogP contribution in [0.2, 0.25) is 0 Å². The second-order valence-corrected chi connectivity index (χ2v) is 5.84. The summed E-state index contributed by atoms with van der Waals surface area (Å²) in [5.41, 5.74) is 4.95. The first-order chi connectivity index (χ1) is 10.3. The van der Waals surface area contributed by atoms with Gasteiger partial charge >= 0.3 is 0 Å². The van der Waals surface area contributed by atoms with E-state index in [9.17, 15) is 0 Å². The van der Waals surface area contributed by atoms with Gasteiger partial charge in [-0.3, -0.25) is 0 Å². The molecule has 0 saturated heterocycles. The van der Waals surface area contributed by atoms with Gasteiger partial charge in [0.2, 0.25) is 0 Å². The Hall–Kier alpha value is -2.00. The summed E-state index contributed by atoms with van der Waals surface area (Å²) < 4.78 is 2.28. The minimum absolute atomic E-state index is 0.847. The van der Waals surface area contributed by atoms with Gasteiger partial charge < -0.3 is 4.57 Å². The lowest BCUT2D eigenvalue weighted by atomic mass is 10.1. The van der Waals surface area contributed by atoms with Crippen LogP contribution in [0.25, 0.3) is 11.3 Å². The van der Waals surface area contributed by atoms with Gasteiger partial charge in [0.15, 0.2) is 5.16 Å². The van der Waals surface area contributed by atoms with E-state index in [4.69, 9.17) is 0 Å². The minimum Gasteiger partial charge on any atom is -0.314 e. The van der Waals surface area contributed by atoms with Gasteiger partial charge in [0.25, 0.3) is 0 Å². The average molecular weight is 294 g/mol. The first-order valence-corrected chi connectivity index (χ1v) is 8.21. The molecular weight excluding hydrogens is 276 g/mol. The van der Waals surface area contributed by atoms with Crippen LogP contribution in [0.5, 0.6) is 0 Å². The number of aromatic nitrogens is 2. The van der Waals surface area contributed by atoms with Crippen LogP contribution in [0.1, 0.15) is 11.1 Å². The fourth-order valence-corrected chi connectivity index (χ4v) is 2.94. The maximum atomic E-state index is 4.56. The molecule has 1 heterocycles. The Morgan fingerprint density at radius 3 is 2.38 bits per heavy atom. The van der Waals surface area contributed by atoms with Crippen LogP contribution >= 0.6 is 11.8 Å². The van der Waals surface area contributed by atoms with E-state index >= 15 is 0 Å². The summed E-state index contributed by atoms with van der Waals surface area (Å²) in [6.45, 7) is 2.96. The van der Waals surface area contributed by atoms with E-state index < -0.39 is 0 Å². The molecular formula is C18H18N2S. The predicted molar refractivity (Wildman–Crippen MR) is 89.7 cm³/mol. The maximum absolute atomic E-state index is 4.56. The molecule has 0 fully saturated rings. The van der Waals surface area contributed by atoms with Crippen molar-refractivity contribution < 1.29 is 0 Å². The van der Waals surface area contributed by atoms with Gasteiger partial charge in [-0.25, -0.2) is 4.98 Å². The van der Waals surface area contributed by atoms with Crippen molar-refractivity contribution in [2.75, 3.05) is 6.26 Å².